The van der Waals surface area contributed by atoms with Gasteiger partial charge in [-0.15, -0.1) is 0 Å². The van der Waals surface area contributed by atoms with E-state index in [4.69, 9.17) is 28.3 Å². The molecule has 15 heavy (non-hydrogen) atoms. The highest BCUT2D eigenvalue weighted by atomic mass is 35.5. The van der Waals surface area contributed by atoms with Crippen LogP contribution in [0.5, 0.6) is 0 Å². The van der Waals surface area contributed by atoms with E-state index >= 15 is 0 Å². The van der Waals surface area contributed by atoms with Crippen LogP contribution in [0.3, 0.4) is 0 Å². The highest BCUT2D eigenvalue weighted by molar-refractivity contribution is 6.36. The molecule has 0 saturated heterocycles. The van der Waals surface area contributed by atoms with Crippen LogP contribution >= 0.6 is 23.2 Å². The van der Waals surface area contributed by atoms with Gasteiger partial charge in [0.1, 0.15) is 0 Å². The number of hydrogen-bond acceptors (Lipinski definition) is 4. The molecule has 1 aromatic rings. The van der Waals surface area contributed by atoms with Crippen molar-refractivity contribution in [2.75, 3.05) is 7.11 Å². The summed E-state index contributed by atoms with van der Waals surface area (Å²) in [5.41, 5.74) is 0.712. The van der Waals surface area contributed by atoms with Gasteiger partial charge < -0.3 is 9.84 Å². The first-order valence-electron chi connectivity index (χ1n) is 4.09. The van der Waals surface area contributed by atoms with E-state index in [-0.39, 0.29) is 23.1 Å². The van der Waals surface area contributed by atoms with E-state index in [0.29, 0.717) is 11.3 Å². The standard InChI is InChI=1S/C9H9Cl2NO3/c1-15-8(14)2-5-6(10)3-12-7(4-13)9(5)11/h3,13H,2,4H2,1H3. The number of aliphatic hydroxyl groups excluding tert-OH is 1. The van der Waals surface area contributed by atoms with Crippen molar-refractivity contribution in [3.8, 4) is 0 Å². The van der Waals surface area contributed by atoms with Crippen LogP contribution in [-0.4, -0.2) is 23.2 Å². The van der Waals surface area contributed by atoms with Gasteiger partial charge in [-0.1, -0.05) is 23.2 Å². The van der Waals surface area contributed by atoms with Crippen molar-refractivity contribution in [1.82, 2.24) is 4.98 Å². The molecule has 0 unspecified atom stereocenters. The number of aromatic nitrogens is 1. The van der Waals surface area contributed by atoms with E-state index in [1.54, 1.807) is 0 Å². The number of esters is 1. The molecule has 0 aliphatic heterocycles. The number of carbonyl (C=O) groups is 1. The van der Waals surface area contributed by atoms with E-state index in [1.807, 2.05) is 0 Å². The second-order valence-corrected chi connectivity index (χ2v) is 3.54. The molecule has 0 aliphatic rings. The van der Waals surface area contributed by atoms with E-state index in [1.165, 1.54) is 13.3 Å². The molecule has 1 heterocycles. The van der Waals surface area contributed by atoms with Gasteiger partial charge in [-0.25, -0.2) is 0 Å². The molecule has 0 atom stereocenters. The molecule has 1 rings (SSSR count). The molecule has 0 aliphatic carbocycles. The predicted molar refractivity (Wildman–Crippen MR) is 55.9 cm³/mol. The third kappa shape index (κ3) is 2.81. The Kier molecular flexibility index (Phi) is 4.32. The smallest absolute Gasteiger partial charge is 0.310 e. The van der Waals surface area contributed by atoms with Crippen LogP contribution in [0.2, 0.25) is 10.0 Å². The number of pyridine rings is 1. The number of rotatable bonds is 3. The summed E-state index contributed by atoms with van der Waals surface area (Å²) < 4.78 is 4.50. The molecule has 1 aromatic heterocycles. The zero-order valence-corrected chi connectivity index (χ0v) is 9.47. The van der Waals surface area contributed by atoms with Crippen LogP contribution < -0.4 is 0 Å². The highest BCUT2D eigenvalue weighted by Crippen LogP contribution is 2.27. The Morgan fingerprint density at radius 3 is 2.80 bits per heavy atom. The van der Waals surface area contributed by atoms with Crippen molar-refractivity contribution in [2.24, 2.45) is 0 Å². The topological polar surface area (TPSA) is 59.4 Å². The summed E-state index contributed by atoms with van der Waals surface area (Å²) in [6, 6.07) is 0. The maximum absolute atomic E-state index is 11.1. The SMILES string of the molecule is COC(=O)Cc1c(Cl)cnc(CO)c1Cl. The van der Waals surface area contributed by atoms with E-state index < -0.39 is 5.97 Å². The fourth-order valence-corrected chi connectivity index (χ4v) is 1.57. The van der Waals surface area contributed by atoms with Crippen LogP contribution in [0, 0.1) is 0 Å². The Morgan fingerprint density at radius 1 is 1.60 bits per heavy atom. The van der Waals surface area contributed by atoms with Gasteiger partial charge in [-0.05, 0) is 0 Å². The van der Waals surface area contributed by atoms with Crippen LogP contribution in [0.4, 0.5) is 0 Å². The van der Waals surface area contributed by atoms with Crippen LogP contribution in [0.25, 0.3) is 0 Å². The molecular formula is C9H9Cl2NO3. The first-order chi connectivity index (χ1) is 7.10. The lowest BCUT2D eigenvalue weighted by Gasteiger charge is -2.08. The van der Waals surface area contributed by atoms with Crippen molar-refractivity contribution in [1.29, 1.82) is 0 Å². The minimum atomic E-state index is -0.450. The predicted octanol–water partition coefficient (Wildman–Crippen LogP) is 1.60. The lowest BCUT2D eigenvalue weighted by Crippen LogP contribution is -2.07. The molecule has 0 spiro atoms. The summed E-state index contributed by atoms with van der Waals surface area (Å²) in [6.07, 6.45) is 1.31. The molecule has 1 N–H and O–H groups in total. The Bertz CT molecular complexity index is 382. The fourth-order valence-electron chi connectivity index (χ4n) is 1.04. The van der Waals surface area contributed by atoms with Gasteiger partial charge in [0.05, 0.1) is 35.9 Å². The molecule has 0 bridgehead atoms. The monoisotopic (exact) mass is 249 g/mol. The van der Waals surface area contributed by atoms with Crippen molar-refractivity contribution in [2.45, 2.75) is 13.0 Å². The zero-order valence-electron chi connectivity index (χ0n) is 7.96. The van der Waals surface area contributed by atoms with Crippen LogP contribution in [0.1, 0.15) is 11.3 Å². The van der Waals surface area contributed by atoms with Crippen LogP contribution in [-0.2, 0) is 22.6 Å². The van der Waals surface area contributed by atoms with Crippen molar-refractivity contribution in [3.05, 3.63) is 27.5 Å². The van der Waals surface area contributed by atoms with Gasteiger partial charge in [-0.2, -0.15) is 0 Å². The van der Waals surface area contributed by atoms with Crippen molar-refractivity contribution >= 4 is 29.2 Å². The molecule has 0 radical (unpaired) electrons. The Hall–Kier alpha value is -0.840. The minimum Gasteiger partial charge on any atom is -0.469 e. The molecule has 4 nitrogen and oxygen atoms in total. The number of methoxy groups -OCH3 is 1. The molecule has 0 saturated carbocycles. The molecule has 6 heteroatoms. The Labute approximate surface area is 96.8 Å². The fraction of sp³-hybridized carbons (Fsp3) is 0.333. The maximum atomic E-state index is 11.1. The molecule has 0 fully saturated rings. The second-order valence-electron chi connectivity index (χ2n) is 2.76. The average molecular weight is 250 g/mol. The summed E-state index contributed by atoms with van der Waals surface area (Å²) in [4.78, 5) is 14.9. The molecule has 82 valence electrons. The summed E-state index contributed by atoms with van der Waals surface area (Å²) in [6.45, 7) is -0.301. The van der Waals surface area contributed by atoms with Gasteiger partial charge >= 0.3 is 5.97 Å². The summed E-state index contributed by atoms with van der Waals surface area (Å²) in [5.74, 6) is -0.450. The highest BCUT2D eigenvalue weighted by Gasteiger charge is 2.15. The number of ether oxygens (including phenoxy) is 1. The van der Waals surface area contributed by atoms with Gasteiger partial charge in [0.15, 0.2) is 0 Å². The summed E-state index contributed by atoms with van der Waals surface area (Å²) in [7, 11) is 1.28. The number of carbonyl (C=O) groups excluding carboxylic acids is 1. The third-order valence-corrected chi connectivity index (χ3v) is 2.61. The maximum Gasteiger partial charge on any atom is 0.310 e. The second kappa shape index (κ2) is 5.30. The average Bonchev–Trinajstić information content (AvgIpc) is 2.24. The first kappa shape index (κ1) is 12.2. The lowest BCUT2D eigenvalue weighted by molar-refractivity contribution is -0.139. The summed E-state index contributed by atoms with van der Waals surface area (Å²) >= 11 is 11.7. The van der Waals surface area contributed by atoms with Gasteiger partial charge in [0, 0.05) is 11.8 Å². The normalized spacial score (nSPS) is 10.1. The van der Waals surface area contributed by atoms with E-state index in [9.17, 15) is 4.79 Å². The number of aliphatic hydroxyl groups is 1. The van der Waals surface area contributed by atoms with E-state index in [0.717, 1.165) is 0 Å². The quantitative estimate of drug-likeness (QED) is 0.827. The Balaban J connectivity index is 3.09. The van der Waals surface area contributed by atoms with Gasteiger partial charge in [-0.3, -0.25) is 9.78 Å². The van der Waals surface area contributed by atoms with Crippen LogP contribution in [0.15, 0.2) is 6.20 Å². The van der Waals surface area contributed by atoms with E-state index in [2.05, 4.69) is 9.72 Å². The lowest BCUT2D eigenvalue weighted by atomic mass is 10.1. The number of halogens is 2. The molecule has 0 amide bonds. The Morgan fingerprint density at radius 2 is 2.27 bits per heavy atom. The summed E-state index contributed by atoms with van der Waals surface area (Å²) in [5, 5.41) is 9.40. The van der Waals surface area contributed by atoms with Crippen molar-refractivity contribution < 1.29 is 14.6 Å². The largest absolute Gasteiger partial charge is 0.469 e. The number of hydrogen-bond donors (Lipinski definition) is 1. The van der Waals surface area contributed by atoms with Gasteiger partial charge in [0.2, 0.25) is 0 Å². The number of nitrogens with zero attached hydrogens (tertiary/aromatic N) is 1. The van der Waals surface area contributed by atoms with Crippen molar-refractivity contribution in [3.63, 3.8) is 0 Å². The van der Waals surface area contributed by atoms with Gasteiger partial charge in [0.25, 0.3) is 0 Å². The molecule has 0 aromatic carbocycles. The zero-order chi connectivity index (χ0) is 11.4. The first-order valence-corrected chi connectivity index (χ1v) is 4.85. The minimum absolute atomic E-state index is 0.0380. The molecular weight excluding hydrogens is 241 g/mol. The third-order valence-electron chi connectivity index (χ3n) is 1.84.